The van der Waals surface area contributed by atoms with Crippen molar-refractivity contribution < 1.29 is 0 Å². The maximum Gasteiger partial charge on any atom is 0.332 e. The lowest BCUT2D eigenvalue weighted by molar-refractivity contribution is 0.705. The Morgan fingerprint density at radius 1 is 1.00 bits per heavy atom. The molecular formula is C14H15N5O2S. The van der Waals surface area contributed by atoms with Crippen LogP contribution in [0.4, 0.5) is 5.69 Å². The first-order valence-corrected chi connectivity index (χ1v) is 7.37. The van der Waals surface area contributed by atoms with Crippen LogP contribution in [0.1, 0.15) is 0 Å². The molecule has 8 heteroatoms. The van der Waals surface area contributed by atoms with Crippen molar-refractivity contribution in [1.29, 1.82) is 0 Å². The van der Waals surface area contributed by atoms with E-state index in [0.717, 1.165) is 9.46 Å². The lowest BCUT2D eigenvalue weighted by Gasteiger charge is -2.03. The van der Waals surface area contributed by atoms with E-state index in [2.05, 4.69) is 4.98 Å². The average Bonchev–Trinajstić information content (AvgIpc) is 2.82. The summed E-state index contributed by atoms with van der Waals surface area (Å²) in [6.45, 7) is 0. The van der Waals surface area contributed by atoms with E-state index in [4.69, 9.17) is 5.73 Å². The highest BCUT2D eigenvalue weighted by Crippen LogP contribution is 2.28. The summed E-state index contributed by atoms with van der Waals surface area (Å²) in [5.74, 6) is 0. The molecule has 0 aliphatic rings. The standard InChI is InChI=1S/C14H15N5O2S/c1-17-10-11(18(2)14(21)19(3)12(10)20)16-13(17)22-9-6-4-8(15)5-7-9/h4-7H,15H2,1-3H3. The summed E-state index contributed by atoms with van der Waals surface area (Å²) < 4.78 is 4.17. The molecule has 0 amide bonds. The number of nitrogens with zero attached hydrogens (tertiary/aromatic N) is 4. The number of benzene rings is 1. The van der Waals surface area contributed by atoms with E-state index < -0.39 is 0 Å². The molecule has 114 valence electrons. The fraction of sp³-hybridized carbons (Fsp3) is 0.214. The number of aromatic nitrogens is 4. The molecule has 0 unspecified atom stereocenters. The summed E-state index contributed by atoms with van der Waals surface area (Å²) >= 11 is 1.41. The number of aryl methyl sites for hydroxylation is 2. The van der Waals surface area contributed by atoms with Gasteiger partial charge in [0.1, 0.15) is 0 Å². The molecule has 3 aromatic rings. The third-order valence-corrected chi connectivity index (χ3v) is 4.58. The van der Waals surface area contributed by atoms with E-state index in [1.54, 1.807) is 30.8 Å². The van der Waals surface area contributed by atoms with Crippen LogP contribution in [-0.4, -0.2) is 18.7 Å². The van der Waals surface area contributed by atoms with E-state index in [-0.39, 0.29) is 11.2 Å². The van der Waals surface area contributed by atoms with Crippen LogP contribution in [0.15, 0.2) is 43.9 Å². The Morgan fingerprint density at radius 3 is 2.27 bits per heavy atom. The highest BCUT2D eigenvalue weighted by Gasteiger charge is 2.17. The molecule has 0 saturated carbocycles. The van der Waals surface area contributed by atoms with E-state index in [1.165, 1.54) is 23.4 Å². The molecule has 2 aromatic heterocycles. The Labute approximate surface area is 130 Å². The third-order valence-electron chi connectivity index (χ3n) is 3.52. The smallest absolute Gasteiger partial charge is 0.332 e. The number of nitrogen functional groups attached to an aromatic ring is 1. The van der Waals surface area contributed by atoms with Gasteiger partial charge in [0.2, 0.25) is 0 Å². The maximum absolute atomic E-state index is 12.3. The minimum absolute atomic E-state index is 0.350. The van der Waals surface area contributed by atoms with Gasteiger partial charge in [-0.1, -0.05) is 11.8 Å². The molecule has 0 fully saturated rings. The molecule has 3 rings (SSSR count). The van der Waals surface area contributed by atoms with Gasteiger partial charge in [0.05, 0.1) is 0 Å². The minimum Gasteiger partial charge on any atom is -0.399 e. The molecule has 0 atom stereocenters. The summed E-state index contributed by atoms with van der Waals surface area (Å²) in [5.41, 5.74) is 6.41. The second kappa shape index (κ2) is 5.06. The highest BCUT2D eigenvalue weighted by atomic mass is 32.2. The van der Waals surface area contributed by atoms with Crippen molar-refractivity contribution in [3.8, 4) is 0 Å². The van der Waals surface area contributed by atoms with Gasteiger partial charge in [0.25, 0.3) is 5.56 Å². The van der Waals surface area contributed by atoms with Crippen molar-refractivity contribution >= 4 is 28.6 Å². The van der Waals surface area contributed by atoms with Crippen LogP contribution in [-0.2, 0) is 21.1 Å². The van der Waals surface area contributed by atoms with Gasteiger partial charge in [-0.2, -0.15) is 0 Å². The highest BCUT2D eigenvalue weighted by molar-refractivity contribution is 7.99. The van der Waals surface area contributed by atoms with Crippen molar-refractivity contribution in [1.82, 2.24) is 18.7 Å². The fourth-order valence-corrected chi connectivity index (χ4v) is 3.07. The van der Waals surface area contributed by atoms with Gasteiger partial charge >= 0.3 is 5.69 Å². The molecule has 0 aliphatic heterocycles. The Balaban J connectivity index is 2.20. The van der Waals surface area contributed by atoms with Crippen LogP contribution < -0.4 is 17.0 Å². The number of hydrogen-bond donors (Lipinski definition) is 1. The van der Waals surface area contributed by atoms with Crippen LogP contribution >= 0.6 is 11.8 Å². The van der Waals surface area contributed by atoms with Crippen molar-refractivity contribution in [3.05, 3.63) is 45.1 Å². The summed E-state index contributed by atoms with van der Waals surface area (Å²) in [5, 5.41) is 0.637. The number of imidazole rings is 1. The van der Waals surface area contributed by atoms with Crippen LogP contribution in [0.2, 0.25) is 0 Å². The number of hydrogen-bond acceptors (Lipinski definition) is 5. The summed E-state index contributed by atoms with van der Waals surface area (Å²) in [4.78, 5) is 29.7. The molecule has 2 heterocycles. The van der Waals surface area contributed by atoms with Crippen molar-refractivity contribution in [2.24, 2.45) is 21.1 Å². The average molecular weight is 317 g/mol. The predicted octanol–water partition coefficient (Wildman–Crippen LogP) is 0.704. The normalized spacial score (nSPS) is 11.2. The molecule has 0 bridgehead atoms. The zero-order valence-electron chi connectivity index (χ0n) is 12.4. The number of anilines is 1. The van der Waals surface area contributed by atoms with Gasteiger partial charge in [-0.05, 0) is 24.3 Å². The van der Waals surface area contributed by atoms with Crippen LogP contribution in [0.5, 0.6) is 0 Å². The van der Waals surface area contributed by atoms with E-state index in [9.17, 15) is 9.59 Å². The zero-order valence-corrected chi connectivity index (χ0v) is 13.2. The second-order valence-corrected chi connectivity index (χ2v) is 6.04. The maximum atomic E-state index is 12.3. The molecule has 0 aliphatic carbocycles. The molecule has 7 nitrogen and oxygen atoms in total. The van der Waals surface area contributed by atoms with E-state index in [0.29, 0.717) is 22.0 Å². The van der Waals surface area contributed by atoms with Gasteiger partial charge in [-0.3, -0.25) is 13.9 Å². The first-order chi connectivity index (χ1) is 10.4. The Morgan fingerprint density at radius 2 is 1.64 bits per heavy atom. The van der Waals surface area contributed by atoms with Crippen molar-refractivity contribution in [2.75, 3.05) is 5.73 Å². The Bertz CT molecular complexity index is 982. The fourth-order valence-electron chi connectivity index (χ4n) is 2.23. The summed E-state index contributed by atoms with van der Waals surface area (Å²) in [7, 11) is 4.83. The summed E-state index contributed by atoms with van der Waals surface area (Å²) in [6, 6.07) is 7.38. The lowest BCUT2D eigenvalue weighted by Crippen LogP contribution is -2.37. The van der Waals surface area contributed by atoms with Crippen molar-refractivity contribution in [2.45, 2.75) is 10.1 Å². The lowest BCUT2D eigenvalue weighted by atomic mass is 10.3. The van der Waals surface area contributed by atoms with E-state index in [1.807, 2.05) is 12.1 Å². The molecule has 0 spiro atoms. The molecule has 0 saturated heterocycles. The van der Waals surface area contributed by atoms with Crippen LogP contribution in [0.3, 0.4) is 0 Å². The third kappa shape index (κ3) is 2.12. The molecule has 1 aromatic carbocycles. The monoisotopic (exact) mass is 317 g/mol. The number of rotatable bonds is 2. The SMILES string of the molecule is Cn1c(=O)c2c(nc(Sc3ccc(N)cc3)n2C)n(C)c1=O. The number of fused-ring (bicyclic) bond motifs is 1. The van der Waals surface area contributed by atoms with Crippen LogP contribution in [0, 0.1) is 0 Å². The van der Waals surface area contributed by atoms with Gasteiger partial charge in [0.15, 0.2) is 16.3 Å². The van der Waals surface area contributed by atoms with Gasteiger partial charge in [0, 0.05) is 31.7 Å². The molecule has 2 N–H and O–H groups in total. The number of nitrogens with two attached hydrogens (primary N) is 1. The van der Waals surface area contributed by atoms with E-state index >= 15 is 0 Å². The summed E-state index contributed by atoms with van der Waals surface area (Å²) in [6.07, 6.45) is 0. The van der Waals surface area contributed by atoms with Crippen LogP contribution in [0.25, 0.3) is 11.2 Å². The quantitative estimate of drug-likeness (QED) is 0.703. The first kappa shape index (κ1) is 14.5. The molecular weight excluding hydrogens is 302 g/mol. The minimum atomic E-state index is -0.389. The van der Waals surface area contributed by atoms with Crippen molar-refractivity contribution in [3.63, 3.8) is 0 Å². The van der Waals surface area contributed by atoms with Gasteiger partial charge < -0.3 is 10.3 Å². The second-order valence-electron chi connectivity index (χ2n) is 5.00. The topological polar surface area (TPSA) is 87.8 Å². The van der Waals surface area contributed by atoms with Gasteiger partial charge in [-0.15, -0.1) is 0 Å². The predicted molar refractivity (Wildman–Crippen MR) is 86.2 cm³/mol. The largest absolute Gasteiger partial charge is 0.399 e. The Hall–Kier alpha value is -2.48. The zero-order chi connectivity index (χ0) is 16.0. The first-order valence-electron chi connectivity index (χ1n) is 6.56. The molecule has 22 heavy (non-hydrogen) atoms. The van der Waals surface area contributed by atoms with Gasteiger partial charge in [-0.25, -0.2) is 9.78 Å². The Kier molecular flexibility index (Phi) is 3.32. The molecule has 0 radical (unpaired) electrons.